The van der Waals surface area contributed by atoms with Gasteiger partial charge < -0.3 is 31.6 Å². The topological polar surface area (TPSA) is 177 Å². The number of hydrogen-bond donors (Lipinski definition) is 5. The van der Waals surface area contributed by atoms with E-state index in [0.29, 0.717) is 4.68 Å². The Balaban J connectivity index is 2.05. The lowest BCUT2D eigenvalue weighted by Gasteiger charge is -2.26. The minimum Gasteiger partial charge on any atom is -0.394 e. The minimum atomic E-state index is -1.46. The minimum absolute atomic E-state index is 0.0273. The molecule has 0 aromatic carbocycles. The molecule has 22 heavy (non-hydrogen) atoms. The van der Waals surface area contributed by atoms with Gasteiger partial charge in [-0.1, -0.05) is 0 Å². The number of amides is 1. The van der Waals surface area contributed by atoms with E-state index < -0.39 is 42.6 Å². The Morgan fingerprint density at radius 3 is 2.59 bits per heavy atom. The summed E-state index contributed by atoms with van der Waals surface area (Å²) in [5.41, 5.74) is 4.86. The van der Waals surface area contributed by atoms with E-state index in [2.05, 4.69) is 4.98 Å². The van der Waals surface area contributed by atoms with E-state index >= 15 is 0 Å². The molecule has 1 aromatic rings. The molecule has 11 heteroatoms. The zero-order chi connectivity index (χ0) is 16.2. The predicted octanol–water partition coefficient (Wildman–Crippen LogP) is -4.13. The van der Waals surface area contributed by atoms with Gasteiger partial charge in [0.05, 0.1) is 18.6 Å². The van der Waals surface area contributed by atoms with Gasteiger partial charge in [0.15, 0.2) is 12.0 Å². The van der Waals surface area contributed by atoms with Crippen LogP contribution in [0.3, 0.4) is 0 Å². The van der Waals surface area contributed by atoms with E-state index in [0.717, 1.165) is 4.90 Å². The Morgan fingerprint density at radius 2 is 2.00 bits per heavy atom. The molecule has 2 aliphatic heterocycles. The van der Waals surface area contributed by atoms with Crippen LogP contribution in [0.2, 0.25) is 0 Å². The second-order valence-corrected chi connectivity index (χ2v) is 5.12. The van der Waals surface area contributed by atoms with Crippen LogP contribution < -0.4 is 22.0 Å². The van der Waals surface area contributed by atoms with Crippen molar-refractivity contribution in [3.05, 3.63) is 15.9 Å². The highest BCUT2D eigenvalue weighted by Crippen LogP contribution is 2.33. The Labute approximate surface area is 123 Å². The Bertz CT molecular complexity index is 690. The van der Waals surface area contributed by atoms with E-state index in [9.17, 15) is 19.8 Å². The summed E-state index contributed by atoms with van der Waals surface area (Å²) in [4.78, 5) is 29.0. The molecule has 120 valence electrons. The molecule has 2 aliphatic rings. The highest BCUT2D eigenvalue weighted by Gasteiger charge is 2.50. The average molecular weight is 313 g/mol. The molecular weight excluding hydrogens is 298 g/mol. The second kappa shape index (κ2) is 4.91. The van der Waals surface area contributed by atoms with Crippen LogP contribution in [0.4, 0.5) is 11.8 Å². The SMILES string of the molecule is Nc1nc2c(c(=O)n1N)CC(=O)N2[C@@H]1O[C@H](CO)[C@H](O)[C@H]1O. The first-order valence-corrected chi connectivity index (χ1v) is 6.47. The smallest absolute Gasteiger partial charge is 0.279 e. The molecule has 11 nitrogen and oxygen atoms in total. The summed E-state index contributed by atoms with van der Waals surface area (Å²) in [6, 6.07) is 0. The number of rotatable bonds is 2. The molecule has 0 saturated carbocycles. The van der Waals surface area contributed by atoms with Crippen LogP contribution in [0.25, 0.3) is 0 Å². The number of carbonyl (C=O) groups is 1. The van der Waals surface area contributed by atoms with Gasteiger partial charge in [0, 0.05) is 0 Å². The number of nitrogen functional groups attached to an aromatic ring is 2. The van der Waals surface area contributed by atoms with Crippen molar-refractivity contribution < 1.29 is 24.9 Å². The number of nitrogens with zero attached hydrogens (tertiary/aromatic N) is 3. The van der Waals surface area contributed by atoms with Gasteiger partial charge >= 0.3 is 0 Å². The van der Waals surface area contributed by atoms with Crippen molar-refractivity contribution in [1.29, 1.82) is 0 Å². The van der Waals surface area contributed by atoms with Crippen molar-refractivity contribution in [2.45, 2.75) is 31.0 Å². The van der Waals surface area contributed by atoms with E-state index in [-0.39, 0.29) is 23.8 Å². The molecule has 1 aromatic heterocycles. The number of aromatic nitrogens is 2. The molecule has 1 saturated heterocycles. The lowest BCUT2D eigenvalue weighted by molar-refractivity contribution is -0.121. The quantitative estimate of drug-likeness (QED) is 0.339. The Hall–Kier alpha value is -2.21. The molecule has 0 spiro atoms. The number of aliphatic hydroxyl groups excluding tert-OH is 3. The van der Waals surface area contributed by atoms with Crippen LogP contribution in [-0.2, 0) is 16.0 Å². The highest BCUT2D eigenvalue weighted by molar-refractivity contribution is 6.00. The van der Waals surface area contributed by atoms with Gasteiger partial charge in [-0.3, -0.25) is 14.5 Å². The van der Waals surface area contributed by atoms with Crippen LogP contribution in [0.1, 0.15) is 5.56 Å². The lowest BCUT2D eigenvalue weighted by atomic mass is 10.1. The number of ether oxygens (including phenoxy) is 1. The summed E-state index contributed by atoms with van der Waals surface area (Å²) in [5.74, 6) is 4.49. The molecule has 3 heterocycles. The van der Waals surface area contributed by atoms with E-state index in [1.807, 2.05) is 0 Å². The number of carbonyl (C=O) groups excluding carboxylic acids is 1. The second-order valence-electron chi connectivity index (χ2n) is 5.12. The van der Waals surface area contributed by atoms with Crippen molar-refractivity contribution in [2.75, 3.05) is 23.1 Å². The Kier molecular flexibility index (Phi) is 3.29. The summed E-state index contributed by atoms with van der Waals surface area (Å²) in [5, 5.41) is 28.9. The van der Waals surface area contributed by atoms with Gasteiger partial charge in [0.25, 0.3) is 5.56 Å². The number of hydrogen-bond acceptors (Lipinski definition) is 9. The maximum absolute atomic E-state index is 12.2. The summed E-state index contributed by atoms with van der Waals surface area (Å²) in [7, 11) is 0. The van der Waals surface area contributed by atoms with E-state index in [1.165, 1.54) is 0 Å². The molecule has 0 bridgehead atoms. The summed E-state index contributed by atoms with van der Waals surface area (Å²) >= 11 is 0. The third kappa shape index (κ3) is 1.87. The molecule has 4 atom stereocenters. The first-order valence-electron chi connectivity index (χ1n) is 6.47. The summed E-state index contributed by atoms with van der Waals surface area (Å²) in [6.45, 7) is -0.538. The third-order valence-electron chi connectivity index (χ3n) is 3.81. The van der Waals surface area contributed by atoms with Gasteiger partial charge in [-0.15, -0.1) is 0 Å². The Morgan fingerprint density at radius 1 is 1.32 bits per heavy atom. The summed E-state index contributed by atoms with van der Waals surface area (Å²) in [6.07, 6.45) is -5.44. The molecule has 7 N–H and O–H groups in total. The fraction of sp³-hybridized carbons (Fsp3) is 0.545. The highest BCUT2D eigenvalue weighted by atomic mass is 16.6. The predicted molar refractivity (Wildman–Crippen MR) is 72.0 cm³/mol. The van der Waals surface area contributed by atoms with E-state index in [1.54, 1.807) is 0 Å². The molecular formula is C11H15N5O6. The fourth-order valence-corrected chi connectivity index (χ4v) is 2.64. The van der Waals surface area contributed by atoms with Crippen LogP contribution in [0.5, 0.6) is 0 Å². The number of aliphatic hydroxyl groups is 3. The number of fused-ring (bicyclic) bond motifs is 1. The molecule has 0 unspecified atom stereocenters. The average Bonchev–Trinajstić information content (AvgIpc) is 2.95. The summed E-state index contributed by atoms with van der Waals surface area (Å²) < 4.78 is 5.91. The molecule has 3 rings (SSSR count). The van der Waals surface area contributed by atoms with Crippen molar-refractivity contribution in [3.8, 4) is 0 Å². The van der Waals surface area contributed by atoms with Crippen molar-refractivity contribution in [2.24, 2.45) is 0 Å². The first-order chi connectivity index (χ1) is 10.4. The zero-order valence-corrected chi connectivity index (χ0v) is 11.3. The molecule has 0 radical (unpaired) electrons. The normalized spacial score (nSPS) is 30.9. The number of nitrogens with two attached hydrogens (primary N) is 2. The van der Waals surface area contributed by atoms with Crippen LogP contribution in [0, 0.1) is 0 Å². The zero-order valence-electron chi connectivity index (χ0n) is 11.3. The van der Waals surface area contributed by atoms with Crippen molar-refractivity contribution in [3.63, 3.8) is 0 Å². The first kappa shape index (κ1) is 14.7. The van der Waals surface area contributed by atoms with Gasteiger partial charge in [-0.2, -0.15) is 9.66 Å². The van der Waals surface area contributed by atoms with Crippen molar-refractivity contribution >= 4 is 17.7 Å². The maximum Gasteiger partial charge on any atom is 0.279 e. The van der Waals surface area contributed by atoms with Crippen LogP contribution in [0.15, 0.2) is 4.79 Å². The number of anilines is 2. The van der Waals surface area contributed by atoms with Gasteiger partial charge in [-0.25, -0.2) is 0 Å². The van der Waals surface area contributed by atoms with Gasteiger partial charge in [0.2, 0.25) is 11.9 Å². The molecule has 1 amide bonds. The van der Waals surface area contributed by atoms with E-state index in [4.69, 9.17) is 21.4 Å². The van der Waals surface area contributed by atoms with Crippen LogP contribution >= 0.6 is 0 Å². The molecule has 0 aliphatic carbocycles. The van der Waals surface area contributed by atoms with Crippen LogP contribution in [-0.4, -0.2) is 62.0 Å². The van der Waals surface area contributed by atoms with Gasteiger partial charge in [-0.05, 0) is 0 Å². The van der Waals surface area contributed by atoms with Gasteiger partial charge in [0.1, 0.15) is 18.3 Å². The fourth-order valence-electron chi connectivity index (χ4n) is 2.64. The maximum atomic E-state index is 12.2. The molecule has 1 fully saturated rings. The lowest BCUT2D eigenvalue weighted by Crippen LogP contribution is -2.46. The standard InChI is InChI=1S/C11H15N5O6/c12-11-14-8-3(9(21)16(11)13)1-5(18)15(8)10-7(20)6(19)4(2-17)22-10/h4,6-7,10,17,19-20H,1-2,13H2,(H2,12,14)/t4-,6+,7-,10-/m1/s1. The largest absolute Gasteiger partial charge is 0.394 e. The monoisotopic (exact) mass is 313 g/mol. The third-order valence-corrected chi connectivity index (χ3v) is 3.81. The van der Waals surface area contributed by atoms with Crippen molar-refractivity contribution in [1.82, 2.24) is 9.66 Å².